The minimum atomic E-state index is -0.304. The smallest absolute Gasteiger partial charge is 0.306 e. The summed E-state index contributed by atoms with van der Waals surface area (Å²) in [5, 5.41) is 3.39. The van der Waals surface area contributed by atoms with Gasteiger partial charge in [-0.2, -0.15) is 0 Å². The maximum atomic E-state index is 11.6. The number of rotatable bonds is 21. The Kier molecular flexibility index (Phi) is 19.9. The minimum absolute atomic E-state index is 0.179. The van der Waals surface area contributed by atoms with E-state index in [1.165, 1.54) is 28.4 Å². The summed E-state index contributed by atoms with van der Waals surface area (Å²) < 4.78 is 18.8. The van der Waals surface area contributed by atoms with Crippen LogP contribution in [0.25, 0.3) is 0 Å². The maximum absolute atomic E-state index is 11.6. The van der Waals surface area contributed by atoms with E-state index < -0.39 is 0 Å². The highest BCUT2D eigenvalue weighted by atomic mass is 16.5. The van der Waals surface area contributed by atoms with Gasteiger partial charge in [-0.25, -0.2) is 0 Å². The molecular formula is C23H43N3O8. The van der Waals surface area contributed by atoms with Gasteiger partial charge in [0.2, 0.25) is 0 Å². The van der Waals surface area contributed by atoms with E-state index in [9.17, 15) is 19.2 Å². The molecule has 0 radical (unpaired) electrons. The highest BCUT2D eigenvalue weighted by Gasteiger charge is 2.14. The van der Waals surface area contributed by atoms with Crippen LogP contribution in [0.5, 0.6) is 0 Å². The zero-order valence-electron chi connectivity index (χ0n) is 21.3. The van der Waals surface area contributed by atoms with Crippen LogP contribution in [0.3, 0.4) is 0 Å². The van der Waals surface area contributed by atoms with Gasteiger partial charge in [-0.3, -0.25) is 19.2 Å². The molecule has 0 aliphatic carbocycles. The van der Waals surface area contributed by atoms with Crippen LogP contribution in [0.4, 0.5) is 0 Å². The third-order valence-electron chi connectivity index (χ3n) is 5.38. The van der Waals surface area contributed by atoms with E-state index in [4.69, 9.17) is 14.2 Å². The van der Waals surface area contributed by atoms with Crippen LogP contribution >= 0.6 is 0 Å². The quantitative estimate of drug-likeness (QED) is 0.138. The first kappa shape index (κ1) is 31.8. The molecule has 0 rings (SSSR count). The number of methoxy groups -OCH3 is 4. The molecule has 0 aromatic carbocycles. The van der Waals surface area contributed by atoms with Crippen molar-refractivity contribution in [3.05, 3.63) is 0 Å². The lowest BCUT2D eigenvalue weighted by atomic mass is 10.2. The molecule has 11 nitrogen and oxygen atoms in total. The van der Waals surface area contributed by atoms with Crippen LogP contribution in [0.2, 0.25) is 0 Å². The third kappa shape index (κ3) is 18.2. The van der Waals surface area contributed by atoms with Crippen molar-refractivity contribution in [1.29, 1.82) is 0 Å². The molecule has 0 aromatic heterocycles. The van der Waals surface area contributed by atoms with E-state index in [-0.39, 0.29) is 43.1 Å². The Labute approximate surface area is 203 Å². The van der Waals surface area contributed by atoms with Gasteiger partial charge in [-0.15, -0.1) is 0 Å². The van der Waals surface area contributed by atoms with E-state index >= 15 is 0 Å². The molecule has 0 spiro atoms. The molecule has 34 heavy (non-hydrogen) atoms. The summed E-state index contributed by atoms with van der Waals surface area (Å²) in [6.45, 7) is 5.12. The fourth-order valence-corrected chi connectivity index (χ4v) is 3.17. The molecule has 1 N–H and O–H groups in total. The fraction of sp³-hybridized carbons (Fsp3) is 0.826. The number of ether oxygens (including phenoxy) is 4. The van der Waals surface area contributed by atoms with Crippen LogP contribution in [-0.2, 0) is 38.1 Å². The number of unbranched alkanes of at least 4 members (excludes halogenated alkanes) is 2. The number of nitrogens with one attached hydrogen (secondary N) is 1. The Balaban J connectivity index is 4.54. The van der Waals surface area contributed by atoms with Crippen LogP contribution in [-0.4, -0.2) is 114 Å². The first-order chi connectivity index (χ1) is 16.4. The lowest BCUT2D eigenvalue weighted by Crippen LogP contribution is -2.41. The third-order valence-corrected chi connectivity index (χ3v) is 5.38. The Morgan fingerprint density at radius 2 is 0.912 bits per heavy atom. The fourth-order valence-electron chi connectivity index (χ4n) is 3.17. The molecule has 0 atom stereocenters. The summed E-state index contributed by atoms with van der Waals surface area (Å²) in [5.41, 5.74) is 0. The highest BCUT2D eigenvalue weighted by Crippen LogP contribution is 2.02. The zero-order valence-corrected chi connectivity index (χ0v) is 21.3. The Bertz CT molecular complexity index is 569. The van der Waals surface area contributed by atoms with Crippen LogP contribution in [0, 0.1) is 0 Å². The second-order valence-corrected chi connectivity index (χ2v) is 7.80. The second-order valence-electron chi connectivity index (χ2n) is 7.80. The second kappa shape index (κ2) is 21.3. The highest BCUT2D eigenvalue weighted by molar-refractivity contribution is 5.70. The summed E-state index contributed by atoms with van der Waals surface area (Å²) in [7, 11) is 5.47. The standard InChI is InChI=1S/C23H43N3O8/c1-31-20(27)8-6-5-7-12-24-13-17-26(16-11-23(30)34-4)19-18-25(14-9-21(28)32-2)15-10-22(29)33-3/h24H,5-19H2,1-4H3. The SMILES string of the molecule is COC(=O)CCCCCNCCN(CCC(=O)OC)CCN(CCC(=O)OC)CCC(=O)OC. The minimum Gasteiger partial charge on any atom is -0.469 e. The number of nitrogens with zero attached hydrogens (tertiary/aromatic N) is 2. The van der Waals surface area contributed by atoms with Gasteiger partial charge in [0.1, 0.15) is 0 Å². The predicted octanol–water partition coefficient (Wildman–Crippen LogP) is 0.603. The van der Waals surface area contributed by atoms with Crippen molar-refractivity contribution >= 4 is 23.9 Å². The van der Waals surface area contributed by atoms with Gasteiger partial charge in [-0.1, -0.05) is 6.42 Å². The summed E-state index contributed by atoms with van der Waals surface area (Å²) in [4.78, 5) is 50.0. The molecule has 11 heteroatoms. The van der Waals surface area contributed by atoms with Crippen LogP contribution in [0.1, 0.15) is 44.9 Å². The van der Waals surface area contributed by atoms with E-state index in [1.807, 2.05) is 4.90 Å². The van der Waals surface area contributed by atoms with Gasteiger partial charge in [0, 0.05) is 52.2 Å². The number of carbonyl (C=O) groups excluding carboxylic acids is 4. The molecule has 0 heterocycles. The molecule has 0 fully saturated rings. The Hall–Kier alpha value is -2.24. The first-order valence-corrected chi connectivity index (χ1v) is 11.8. The number of hydrogen-bond acceptors (Lipinski definition) is 11. The average molecular weight is 490 g/mol. The van der Waals surface area contributed by atoms with Gasteiger partial charge in [0.05, 0.1) is 47.7 Å². The summed E-state index contributed by atoms with van der Waals surface area (Å²) in [6.07, 6.45) is 3.92. The van der Waals surface area contributed by atoms with E-state index in [2.05, 4.69) is 15.0 Å². The van der Waals surface area contributed by atoms with Crippen molar-refractivity contribution in [2.24, 2.45) is 0 Å². The maximum Gasteiger partial charge on any atom is 0.306 e. The van der Waals surface area contributed by atoms with Crippen molar-refractivity contribution in [1.82, 2.24) is 15.1 Å². The van der Waals surface area contributed by atoms with Gasteiger partial charge >= 0.3 is 23.9 Å². The lowest BCUT2D eigenvalue weighted by Gasteiger charge is -2.27. The van der Waals surface area contributed by atoms with Crippen molar-refractivity contribution in [2.75, 3.05) is 80.8 Å². The van der Waals surface area contributed by atoms with Crippen molar-refractivity contribution in [3.63, 3.8) is 0 Å². The molecule has 0 saturated heterocycles. The summed E-state index contributed by atoms with van der Waals surface area (Å²) >= 11 is 0. The van der Waals surface area contributed by atoms with Crippen LogP contribution in [0.15, 0.2) is 0 Å². The van der Waals surface area contributed by atoms with E-state index in [0.717, 1.165) is 38.9 Å². The van der Waals surface area contributed by atoms with E-state index in [1.54, 1.807) is 0 Å². The molecule has 0 aliphatic rings. The monoisotopic (exact) mass is 489 g/mol. The molecule has 0 saturated carbocycles. The normalized spacial score (nSPS) is 10.9. The largest absolute Gasteiger partial charge is 0.469 e. The molecule has 0 aliphatic heterocycles. The lowest BCUT2D eigenvalue weighted by molar-refractivity contribution is -0.142. The number of hydrogen-bond donors (Lipinski definition) is 1. The average Bonchev–Trinajstić information content (AvgIpc) is 2.86. The van der Waals surface area contributed by atoms with Gasteiger partial charge in [0.15, 0.2) is 0 Å². The molecule has 0 unspecified atom stereocenters. The molecular weight excluding hydrogens is 446 g/mol. The Morgan fingerprint density at radius 1 is 0.500 bits per heavy atom. The number of esters is 4. The summed E-state index contributed by atoms with van der Waals surface area (Å²) in [5.74, 6) is -1.05. The first-order valence-electron chi connectivity index (χ1n) is 11.8. The molecule has 0 amide bonds. The van der Waals surface area contributed by atoms with Crippen molar-refractivity contribution in [3.8, 4) is 0 Å². The molecule has 0 aromatic rings. The van der Waals surface area contributed by atoms with Gasteiger partial charge in [-0.05, 0) is 19.4 Å². The molecule has 0 bridgehead atoms. The zero-order chi connectivity index (χ0) is 25.6. The van der Waals surface area contributed by atoms with Crippen molar-refractivity contribution < 1.29 is 38.1 Å². The molecule has 198 valence electrons. The predicted molar refractivity (Wildman–Crippen MR) is 126 cm³/mol. The van der Waals surface area contributed by atoms with Gasteiger partial charge in [0.25, 0.3) is 0 Å². The van der Waals surface area contributed by atoms with Crippen molar-refractivity contribution in [2.45, 2.75) is 44.9 Å². The van der Waals surface area contributed by atoms with Gasteiger partial charge < -0.3 is 34.1 Å². The van der Waals surface area contributed by atoms with Crippen LogP contribution < -0.4 is 5.32 Å². The van der Waals surface area contributed by atoms with E-state index in [0.29, 0.717) is 39.1 Å². The summed E-state index contributed by atoms with van der Waals surface area (Å²) in [6, 6.07) is 0. The topological polar surface area (TPSA) is 124 Å². The Morgan fingerprint density at radius 3 is 1.35 bits per heavy atom. The number of carbonyl (C=O) groups is 4.